The van der Waals surface area contributed by atoms with Gasteiger partial charge < -0.3 is 5.32 Å². The van der Waals surface area contributed by atoms with Crippen molar-refractivity contribution in [3.63, 3.8) is 0 Å². The summed E-state index contributed by atoms with van der Waals surface area (Å²) in [5.41, 5.74) is 4.45. The van der Waals surface area contributed by atoms with Gasteiger partial charge in [0.2, 0.25) is 0 Å². The minimum atomic E-state index is 0.162. The number of hydrogen-bond acceptors (Lipinski definition) is 1. The van der Waals surface area contributed by atoms with Gasteiger partial charge in [0.15, 0.2) is 0 Å². The normalized spacial score (nSPS) is 11.9. The van der Waals surface area contributed by atoms with Crippen LogP contribution in [0.4, 0.5) is 0 Å². The van der Waals surface area contributed by atoms with Gasteiger partial charge in [-0.25, -0.2) is 0 Å². The summed E-state index contributed by atoms with van der Waals surface area (Å²) < 4.78 is 1.23. The van der Waals surface area contributed by atoms with Crippen molar-refractivity contribution in [2.75, 3.05) is 0 Å². The van der Waals surface area contributed by atoms with Gasteiger partial charge in [-0.1, -0.05) is 35.8 Å². The van der Waals surface area contributed by atoms with Crippen molar-refractivity contribution in [1.29, 1.82) is 0 Å². The molecular formula is C15H24BrN. The third kappa shape index (κ3) is 4.44. The first-order valence-electron chi connectivity index (χ1n) is 6.42. The Labute approximate surface area is 114 Å². The molecule has 0 radical (unpaired) electrons. The molecule has 96 valence electrons. The van der Waals surface area contributed by atoms with E-state index in [-0.39, 0.29) is 5.54 Å². The Kier molecular flexibility index (Phi) is 5.21. The molecule has 0 aliphatic rings. The predicted molar refractivity (Wildman–Crippen MR) is 79.5 cm³/mol. The summed E-state index contributed by atoms with van der Waals surface area (Å²) in [6, 6.07) is 4.61. The standard InChI is InChI=1S/C15H24BrN/c1-6-11-8-13(10-17-15(3,4)5)14(16)9-12(11)7-2/h8-9,17H,6-7,10H2,1-5H3. The number of rotatable bonds is 4. The van der Waals surface area contributed by atoms with Crippen molar-refractivity contribution in [2.24, 2.45) is 0 Å². The van der Waals surface area contributed by atoms with E-state index in [0.29, 0.717) is 0 Å². The van der Waals surface area contributed by atoms with Crippen LogP contribution in [0.5, 0.6) is 0 Å². The van der Waals surface area contributed by atoms with Gasteiger partial charge in [-0.05, 0) is 56.4 Å². The molecule has 0 saturated heterocycles. The fraction of sp³-hybridized carbons (Fsp3) is 0.600. The molecule has 0 amide bonds. The van der Waals surface area contributed by atoms with Gasteiger partial charge in [0.1, 0.15) is 0 Å². The Balaban J connectivity index is 2.93. The van der Waals surface area contributed by atoms with E-state index in [9.17, 15) is 0 Å². The minimum absolute atomic E-state index is 0.162. The van der Waals surface area contributed by atoms with E-state index in [4.69, 9.17) is 0 Å². The fourth-order valence-electron chi connectivity index (χ4n) is 1.86. The fourth-order valence-corrected chi connectivity index (χ4v) is 2.40. The zero-order valence-electron chi connectivity index (χ0n) is 11.7. The lowest BCUT2D eigenvalue weighted by atomic mass is 9.99. The largest absolute Gasteiger partial charge is 0.308 e. The van der Waals surface area contributed by atoms with Crippen molar-refractivity contribution >= 4 is 15.9 Å². The lowest BCUT2D eigenvalue weighted by molar-refractivity contribution is 0.424. The highest BCUT2D eigenvalue weighted by molar-refractivity contribution is 9.10. The number of halogens is 1. The Hall–Kier alpha value is -0.340. The highest BCUT2D eigenvalue weighted by Crippen LogP contribution is 2.23. The van der Waals surface area contributed by atoms with Crippen LogP contribution in [0, 0.1) is 0 Å². The molecule has 0 fully saturated rings. The number of hydrogen-bond donors (Lipinski definition) is 1. The van der Waals surface area contributed by atoms with Gasteiger partial charge in [0.05, 0.1) is 0 Å². The molecule has 0 aliphatic carbocycles. The highest BCUT2D eigenvalue weighted by atomic mass is 79.9. The average molecular weight is 298 g/mol. The molecular weight excluding hydrogens is 274 g/mol. The summed E-state index contributed by atoms with van der Waals surface area (Å²) in [6.07, 6.45) is 2.22. The predicted octanol–water partition coefficient (Wildman–Crippen LogP) is 4.46. The molecule has 0 aliphatic heterocycles. The summed E-state index contributed by atoms with van der Waals surface area (Å²) >= 11 is 3.68. The second-order valence-electron chi connectivity index (χ2n) is 5.52. The summed E-state index contributed by atoms with van der Waals surface area (Å²) in [6.45, 7) is 11.9. The lowest BCUT2D eigenvalue weighted by Gasteiger charge is -2.22. The van der Waals surface area contributed by atoms with Crippen LogP contribution in [-0.4, -0.2) is 5.54 Å². The topological polar surface area (TPSA) is 12.0 Å². The van der Waals surface area contributed by atoms with Crippen molar-refractivity contribution in [3.8, 4) is 0 Å². The Bertz CT molecular complexity index is 377. The lowest BCUT2D eigenvalue weighted by Crippen LogP contribution is -2.35. The average Bonchev–Trinajstić information content (AvgIpc) is 2.25. The summed E-state index contributed by atoms with van der Waals surface area (Å²) in [5.74, 6) is 0. The molecule has 0 spiro atoms. The van der Waals surface area contributed by atoms with Gasteiger partial charge in [-0.15, -0.1) is 0 Å². The zero-order chi connectivity index (χ0) is 13.1. The quantitative estimate of drug-likeness (QED) is 0.865. The van der Waals surface area contributed by atoms with Crippen LogP contribution in [-0.2, 0) is 19.4 Å². The van der Waals surface area contributed by atoms with E-state index in [0.717, 1.165) is 19.4 Å². The molecule has 0 bridgehead atoms. The van der Waals surface area contributed by atoms with Crippen LogP contribution in [0.25, 0.3) is 0 Å². The van der Waals surface area contributed by atoms with Gasteiger partial charge >= 0.3 is 0 Å². The Morgan fingerprint density at radius 1 is 1.00 bits per heavy atom. The summed E-state index contributed by atoms with van der Waals surface area (Å²) in [4.78, 5) is 0. The van der Waals surface area contributed by atoms with Crippen LogP contribution in [0.1, 0.15) is 51.3 Å². The first kappa shape index (κ1) is 14.7. The molecule has 0 atom stereocenters. The third-order valence-electron chi connectivity index (χ3n) is 2.94. The second kappa shape index (κ2) is 6.01. The van der Waals surface area contributed by atoms with Gasteiger partial charge in [-0.2, -0.15) is 0 Å². The molecule has 2 heteroatoms. The monoisotopic (exact) mass is 297 g/mol. The smallest absolute Gasteiger partial charge is 0.0223 e. The molecule has 17 heavy (non-hydrogen) atoms. The van der Waals surface area contributed by atoms with Crippen LogP contribution >= 0.6 is 15.9 Å². The van der Waals surface area contributed by atoms with E-state index in [2.05, 4.69) is 68.0 Å². The summed E-state index contributed by atoms with van der Waals surface area (Å²) in [7, 11) is 0. The first-order valence-corrected chi connectivity index (χ1v) is 7.22. The van der Waals surface area contributed by atoms with Crippen LogP contribution in [0.2, 0.25) is 0 Å². The van der Waals surface area contributed by atoms with E-state index in [1.807, 2.05) is 0 Å². The molecule has 1 nitrogen and oxygen atoms in total. The molecule has 1 aromatic rings. The van der Waals surface area contributed by atoms with E-state index < -0.39 is 0 Å². The second-order valence-corrected chi connectivity index (χ2v) is 6.38. The molecule has 0 saturated carbocycles. The maximum absolute atomic E-state index is 3.68. The maximum atomic E-state index is 3.68. The van der Waals surface area contributed by atoms with Crippen molar-refractivity contribution in [3.05, 3.63) is 33.3 Å². The van der Waals surface area contributed by atoms with Crippen LogP contribution in [0.15, 0.2) is 16.6 Å². The molecule has 1 N–H and O–H groups in total. The molecule has 1 aromatic carbocycles. The van der Waals surface area contributed by atoms with Crippen LogP contribution < -0.4 is 5.32 Å². The van der Waals surface area contributed by atoms with Gasteiger partial charge in [0, 0.05) is 16.6 Å². The van der Waals surface area contributed by atoms with Crippen molar-refractivity contribution in [2.45, 2.75) is 59.5 Å². The van der Waals surface area contributed by atoms with Crippen LogP contribution in [0.3, 0.4) is 0 Å². The first-order chi connectivity index (χ1) is 7.87. The number of benzene rings is 1. The van der Waals surface area contributed by atoms with E-state index >= 15 is 0 Å². The molecule has 0 unspecified atom stereocenters. The van der Waals surface area contributed by atoms with E-state index in [1.165, 1.54) is 21.2 Å². The van der Waals surface area contributed by atoms with E-state index in [1.54, 1.807) is 0 Å². The Morgan fingerprint density at radius 3 is 2.00 bits per heavy atom. The SMILES string of the molecule is CCc1cc(Br)c(CNC(C)(C)C)cc1CC. The third-order valence-corrected chi connectivity index (χ3v) is 3.68. The maximum Gasteiger partial charge on any atom is 0.0223 e. The van der Waals surface area contributed by atoms with Gasteiger partial charge in [0.25, 0.3) is 0 Å². The zero-order valence-corrected chi connectivity index (χ0v) is 13.2. The van der Waals surface area contributed by atoms with Crippen molar-refractivity contribution in [1.82, 2.24) is 5.32 Å². The summed E-state index contributed by atoms with van der Waals surface area (Å²) in [5, 5.41) is 3.54. The number of nitrogens with one attached hydrogen (secondary N) is 1. The molecule has 1 rings (SSSR count). The molecule has 0 heterocycles. The van der Waals surface area contributed by atoms with Gasteiger partial charge in [-0.3, -0.25) is 0 Å². The Morgan fingerprint density at radius 2 is 1.53 bits per heavy atom. The highest BCUT2D eigenvalue weighted by Gasteiger charge is 2.11. The van der Waals surface area contributed by atoms with Crippen molar-refractivity contribution < 1.29 is 0 Å². The minimum Gasteiger partial charge on any atom is -0.308 e. The number of aryl methyl sites for hydroxylation is 2. The molecule has 0 aromatic heterocycles.